The molecular formula is C32H24FN3O4S. The molecule has 1 unspecified atom stereocenters. The van der Waals surface area contributed by atoms with E-state index in [0.29, 0.717) is 27.3 Å². The Kier molecular flexibility index (Phi) is 5.37. The van der Waals surface area contributed by atoms with Crippen molar-refractivity contribution in [3.63, 3.8) is 0 Å². The van der Waals surface area contributed by atoms with Crippen molar-refractivity contribution in [2.75, 3.05) is 9.80 Å². The van der Waals surface area contributed by atoms with Crippen molar-refractivity contribution >= 4 is 44.9 Å². The second-order valence-corrected chi connectivity index (χ2v) is 11.8. The Labute approximate surface area is 238 Å². The average molecular weight is 566 g/mol. The second-order valence-electron chi connectivity index (χ2n) is 10.6. The molecule has 0 bridgehead atoms. The van der Waals surface area contributed by atoms with Crippen LogP contribution in [-0.4, -0.2) is 16.8 Å². The highest BCUT2D eigenvalue weighted by Crippen LogP contribution is 2.55. The summed E-state index contributed by atoms with van der Waals surface area (Å²) in [5.41, 5.74) is 2.28. The minimum atomic E-state index is -1.83. The molecule has 0 aliphatic carbocycles. The highest BCUT2D eigenvalue weighted by molar-refractivity contribution is 7.16. The molecular weight excluding hydrogens is 541 g/mol. The van der Waals surface area contributed by atoms with E-state index >= 15 is 0 Å². The third kappa shape index (κ3) is 3.35. The van der Waals surface area contributed by atoms with Crippen LogP contribution in [0.3, 0.4) is 0 Å². The van der Waals surface area contributed by atoms with E-state index in [1.807, 2.05) is 27.7 Å². The Bertz CT molecular complexity index is 1990. The van der Waals surface area contributed by atoms with Crippen LogP contribution < -0.4 is 15.2 Å². The largest absolute Gasteiger partial charge is 0.450 e. The normalized spacial score (nSPS) is 17.7. The number of rotatable bonds is 3. The summed E-state index contributed by atoms with van der Waals surface area (Å²) < 4.78 is 19.9. The van der Waals surface area contributed by atoms with Gasteiger partial charge in [0.25, 0.3) is 11.8 Å². The molecule has 2 aliphatic rings. The number of aryl methyl sites for hydroxylation is 4. The number of hydrogen-bond acceptors (Lipinski definition) is 6. The van der Waals surface area contributed by atoms with Crippen LogP contribution in [0, 0.1) is 33.5 Å². The number of aromatic nitrogens is 1. The number of carbonyl (C=O) groups excluding carboxylic acids is 2. The number of amides is 2. The van der Waals surface area contributed by atoms with Gasteiger partial charge in [-0.1, -0.05) is 30.3 Å². The van der Waals surface area contributed by atoms with Crippen LogP contribution in [0.25, 0.3) is 11.0 Å². The molecule has 3 aromatic carbocycles. The smallest absolute Gasteiger partial charge is 0.297 e. The molecule has 0 saturated heterocycles. The number of carbonyl (C=O) groups is 2. The van der Waals surface area contributed by atoms with Gasteiger partial charge >= 0.3 is 0 Å². The molecule has 0 saturated carbocycles. The third-order valence-corrected chi connectivity index (χ3v) is 9.26. The molecule has 0 fully saturated rings. The zero-order chi connectivity index (χ0) is 28.8. The molecule has 7 nitrogen and oxygen atoms in total. The SMILES string of the molecule is Cc1cc2oc3c(c(=O)c2cc1C)C1(C(=O)N(Cc2ccc(F)cc2)c2ccccc21)N(c1nc(C)c(C)s1)C3=O. The molecule has 9 heteroatoms. The van der Waals surface area contributed by atoms with Gasteiger partial charge in [-0.05, 0) is 74.7 Å². The van der Waals surface area contributed by atoms with E-state index in [-0.39, 0.29) is 29.3 Å². The summed E-state index contributed by atoms with van der Waals surface area (Å²) in [5, 5.41) is 0.605. The summed E-state index contributed by atoms with van der Waals surface area (Å²) in [6, 6.07) is 16.5. The lowest BCUT2D eigenvalue weighted by molar-refractivity contribution is -0.121. The second kappa shape index (κ2) is 8.68. The van der Waals surface area contributed by atoms with Crippen LogP contribution in [0.1, 0.15) is 48.9 Å². The quantitative estimate of drug-likeness (QED) is 0.265. The summed E-state index contributed by atoms with van der Waals surface area (Å²) in [7, 11) is 0. The van der Waals surface area contributed by atoms with Crippen molar-refractivity contribution in [2.24, 2.45) is 0 Å². The first-order chi connectivity index (χ1) is 19.6. The first kappa shape index (κ1) is 25.3. The first-order valence-corrected chi connectivity index (χ1v) is 14.0. The van der Waals surface area contributed by atoms with Gasteiger partial charge in [-0.25, -0.2) is 9.37 Å². The van der Waals surface area contributed by atoms with Crippen LogP contribution in [0.4, 0.5) is 15.2 Å². The fourth-order valence-corrected chi connectivity index (χ4v) is 6.86. The van der Waals surface area contributed by atoms with Crippen molar-refractivity contribution < 1.29 is 18.4 Å². The number of benzene rings is 3. The molecule has 204 valence electrons. The zero-order valence-electron chi connectivity index (χ0n) is 22.7. The van der Waals surface area contributed by atoms with E-state index in [0.717, 1.165) is 21.7 Å². The molecule has 0 radical (unpaired) electrons. The molecule has 7 rings (SSSR count). The van der Waals surface area contributed by atoms with Crippen LogP contribution in [-0.2, 0) is 16.9 Å². The Morgan fingerprint density at radius 1 is 0.951 bits per heavy atom. The molecule has 0 N–H and O–H groups in total. The topological polar surface area (TPSA) is 83.7 Å². The van der Waals surface area contributed by atoms with Gasteiger partial charge in [0.15, 0.2) is 16.1 Å². The molecule has 1 atom stereocenters. The number of hydrogen-bond donors (Lipinski definition) is 0. The summed E-state index contributed by atoms with van der Waals surface area (Å²) in [6.07, 6.45) is 0. The van der Waals surface area contributed by atoms with E-state index in [1.165, 1.54) is 28.4 Å². The van der Waals surface area contributed by atoms with E-state index in [2.05, 4.69) is 4.98 Å². The highest BCUT2D eigenvalue weighted by Gasteiger charge is 2.66. The van der Waals surface area contributed by atoms with E-state index in [4.69, 9.17) is 4.42 Å². The molecule has 2 amide bonds. The summed E-state index contributed by atoms with van der Waals surface area (Å²) in [6.45, 7) is 7.65. The third-order valence-electron chi connectivity index (χ3n) is 8.20. The van der Waals surface area contributed by atoms with Gasteiger partial charge < -0.3 is 9.32 Å². The number of nitrogens with zero attached hydrogens (tertiary/aromatic N) is 3. The Morgan fingerprint density at radius 2 is 1.66 bits per heavy atom. The van der Waals surface area contributed by atoms with Gasteiger partial charge in [-0.2, -0.15) is 0 Å². The van der Waals surface area contributed by atoms with Crippen LogP contribution >= 0.6 is 11.3 Å². The fraction of sp³-hybridized carbons (Fsp3) is 0.188. The number of thiazole rings is 1. The first-order valence-electron chi connectivity index (χ1n) is 13.2. The molecule has 2 aromatic heterocycles. The van der Waals surface area contributed by atoms with Gasteiger partial charge in [0.1, 0.15) is 11.4 Å². The van der Waals surface area contributed by atoms with Crippen molar-refractivity contribution in [2.45, 2.75) is 39.8 Å². The molecule has 4 heterocycles. The Morgan fingerprint density at radius 3 is 2.37 bits per heavy atom. The van der Waals surface area contributed by atoms with Crippen LogP contribution in [0.15, 0.2) is 69.9 Å². The standard InChI is InChI=1S/C32H24FN3O4S/c1-16-13-22-25(14-17(16)2)40-28-26(27(22)37)32(36(29(28)38)31-34-18(3)19(4)41-31)23-7-5-6-8-24(23)35(30(32)39)15-20-9-11-21(33)12-10-20/h5-14H,15H2,1-4H3. The van der Waals surface area contributed by atoms with E-state index in [1.54, 1.807) is 53.4 Å². The Hall–Kier alpha value is -4.63. The van der Waals surface area contributed by atoms with E-state index in [9.17, 15) is 18.8 Å². The lowest BCUT2D eigenvalue weighted by atomic mass is 9.84. The summed E-state index contributed by atoms with van der Waals surface area (Å²) in [5.74, 6) is -1.62. The number of halogens is 1. The van der Waals surface area contributed by atoms with Gasteiger partial charge in [0, 0.05) is 10.4 Å². The summed E-state index contributed by atoms with van der Waals surface area (Å²) >= 11 is 1.28. The highest BCUT2D eigenvalue weighted by atomic mass is 32.1. The molecule has 5 aromatic rings. The average Bonchev–Trinajstić information content (AvgIpc) is 3.50. The molecule has 41 heavy (non-hydrogen) atoms. The molecule has 1 spiro atoms. The van der Waals surface area contributed by atoms with E-state index < -0.39 is 22.8 Å². The van der Waals surface area contributed by atoms with Gasteiger partial charge in [0.2, 0.25) is 5.76 Å². The zero-order valence-corrected chi connectivity index (χ0v) is 23.6. The number of anilines is 2. The number of fused-ring (bicyclic) bond motifs is 5. The fourth-order valence-electron chi connectivity index (χ4n) is 5.90. The van der Waals surface area contributed by atoms with Crippen LogP contribution in [0.5, 0.6) is 0 Å². The minimum absolute atomic E-state index is 0.0113. The van der Waals surface area contributed by atoms with Crippen molar-refractivity contribution in [1.29, 1.82) is 0 Å². The monoisotopic (exact) mass is 565 g/mol. The predicted molar refractivity (Wildman–Crippen MR) is 155 cm³/mol. The van der Waals surface area contributed by atoms with Crippen LogP contribution in [0.2, 0.25) is 0 Å². The lowest BCUT2D eigenvalue weighted by Gasteiger charge is -2.32. The lowest BCUT2D eigenvalue weighted by Crippen LogP contribution is -2.53. The minimum Gasteiger partial charge on any atom is -0.450 e. The van der Waals surface area contributed by atoms with Gasteiger partial charge in [0.05, 0.1) is 28.9 Å². The maximum absolute atomic E-state index is 14.9. The number of para-hydroxylation sites is 1. The summed E-state index contributed by atoms with van der Waals surface area (Å²) in [4.78, 5) is 52.1. The Balaban J connectivity index is 1.57. The van der Waals surface area contributed by atoms with Crippen molar-refractivity contribution in [3.05, 3.63) is 121 Å². The van der Waals surface area contributed by atoms with Gasteiger partial charge in [-0.3, -0.25) is 19.3 Å². The predicted octanol–water partition coefficient (Wildman–Crippen LogP) is 6.07. The molecule has 2 aliphatic heterocycles. The van der Waals surface area contributed by atoms with Crippen molar-refractivity contribution in [3.8, 4) is 0 Å². The maximum Gasteiger partial charge on any atom is 0.297 e. The van der Waals surface area contributed by atoms with Crippen molar-refractivity contribution in [1.82, 2.24) is 4.98 Å². The van der Waals surface area contributed by atoms with Gasteiger partial charge in [-0.15, -0.1) is 11.3 Å². The maximum atomic E-state index is 14.9.